The Balaban J connectivity index is 1.64. The van der Waals surface area contributed by atoms with Gasteiger partial charge in [-0.05, 0) is 37.6 Å². The largest absolute Gasteiger partial charge is 0.452 e. The monoisotopic (exact) mass is 384 g/mol. The molecular formula is C20H20N2O4S. The minimum atomic E-state index is -0.525. The van der Waals surface area contributed by atoms with Gasteiger partial charge in [-0.25, -0.2) is 9.78 Å². The van der Waals surface area contributed by atoms with Gasteiger partial charge in [-0.15, -0.1) is 0 Å². The topological polar surface area (TPSA) is 81.4 Å². The van der Waals surface area contributed by atoms with E-state index in [0.717, 1.165) is 16.7 Å². The highest BCUT2D eigenvalue weighted by atomic mass is 32.2. The summed E-state index contributed by atoms with van der Waals surface area (Å²) < 4.78 is 10.8. The lowest BCUT2D eigenvalue weighted by Crippen LogP contribution is -2.34. The number of hydrogen-bond acceptors (Lipinski definition) is 6. The minimum Gasteiger partial charge on any atom is -0.452 e. The molecule has 1 aromatic heterocycles. The molecule has 0 bridgehead atoms. The Kier molecular flexibility index (Phi) is 6.13. The van der Waals surface area contributed by atoms with Gasteiger partial charge in [0.25, 0.3) is 11.1 Å². The molecule has 1 amide bonds. The van der Waals surface area contributed by atoms with Crippen LogP contribution in [-0.4, -0.2) is 29.5 Å². The third-order valence-electron chi connectivity index (χ3n) is 3.65. The Morgan fingerprint density at radius 1 is 1.15 bits per heavy atom. The van der Waals surface area contributed by atoms with E-state index in [1.54, 1.807) is 12.1 Å². The van der Waals surface area contributed by atoms with Crippen LogP contribution in [-0.2, 0) is 15.3 Å². The molecule has 0 unspecified atom stereocenters. The molecule has 140 valence electrons. The number of esters is 1. The molecule has 0 saturated heterocycles. The third kappa shape index (κ3) is 5.10. The Labute approximate surface area is 161 Å². The number of carbonyl (C=O) groups is 2. The lowest BCUT2D eigenvalue weighted by atomic mass is 10.1. The van der Waals surface area contributed by atoms with E-state index in [1.807, 2.05) is 50.2 Å². The van der Waals surface area contributed by atoms with E-state index in [1.165, 1.54) is 11.8 Å². The van der Waals surface area contributed by atoms with Gasteiger partial charge in [0.15, 0.2) is 12.2 Å². The molecule has 0 spiro atoms. The molecule has 0 saturated carbocycles. The Morgan fingerprint density at radius 2 is 1.89 bits per heavy atom. The first kappa shape index (κ1) is 19.0. The molecule has 27 heavy (non-hydrogen) atoms. The van der Waals surface area contributed by atoms with Gasteiger partial charge in [0.1, 0.15) is 5.52 Å². The van der Waals surface area contributed by atoms with Crippen LogP contribution in [0.15, 0.2) is 58.2 Å². The van der Waals surface area contributed by atoms with Gasteiger partial charge in [-0.1, -0.05) is 42.1 Å². The van der Waals surface area contributed by atoms with Crippen molar-refractivity contribution >= 4 is 34.7 Å². The highest BCUT2D eigenvalue weighted by Crippen LogP contribution is 2.27. The second-order valence-electron chi connectivity index (χ2n) is 6.19. The van der Waals surface area contributed by atoms with E-state index in [-0.39, 0.29) is 18.6 Å². The normalized spacial score (nSPS) is 10.9. The lowest BCUT2D eigenvalue weighted by Gasteiger charge is -2.10. The number of nitrogens with zero attached hydrogens (tertiary/aromatic N) is 1. The van der Waals surface area contributed by atoms with Gasteiger partial charge in [-0.2, -0.15) is 0 Å². The number of para-hydroxylation sites is 2. The molecule has 3 rings (SSSR count). The average Bonchev–Trinajstić information content (AvgIpc) is 3.07. The van der Waals surface area contributed by atoms with Crippen molar-refractivity contribution in [2.45, 2.75) is 30.9 Å². The highest BCUT2D eigenvalue weighted by Gasteiger charge is 2.15. The smallest absolute Gasteiger partial charge is 0.338 e. The van der Waals surface area contributed by atoms with E-state index < -0.39 is 5.97 Å². The first-order valence-electron chi connectivity index (χ1n) is 8.55. The molecule has 0 atom stereocenters. The van der Waals surface area contributed by atoms with Crippen LogP contribution in [0.2, 0.25) is 0 Å². The van der Waals surface area contributed by atoms with Crippen LogP contribution in [0.1, 0.15) is 29.8 Å². The molecule has 3 aromatic rings. The Morgan fingerprint density at radius 3 is 2.67 bits per heavy atom. The maximum absolute atomic E-state index is 12.4. The van der Waals surface area contributed by atoms with Gasteiger partial charge < -0.3 is 14.5 Å². The number of hydrogen-bond donors (Lipinski definition) is 1. The Bertz CT molecular complexity index is 919. The van der Waals surface area contributed by atoms with Crippen molar-refractivity contribution in [1.82, 2.24) is 10.3 Å². The number of amides is 1. The summed E-state index contributed by atoms with van der Waals surface area (Å²) in [6.07, 6.45) is 0. The van der Waals surface area contributed by atoms with Crippen molar-refractivity contribution in [3.63, 3.8) is 0 Å². The minimum absolute atomic E-state index is 0.00352. The van der Waals surface area contributed by atoms with Crippen LogP contribution in [0.25, 0.3) is 11.1 Å². The summed E-state index contributed by atoms with van der Waals surface area (Å²) in [6, 6.07) is 14.7. The molecule has 1 N–H and O–H groups in total. The van der Waals surface area contributed by atoms with Gasteiger partial charge in [0.2, 0.25) is 0 Å². The maximum Gasteiger partial charge on any atom is 0.338 e. The Hall–Kier alpha value is -2.80. The third-order valence-corrected chi connectivity index (χ3v) is 4.52. The predicted molar refractivity (Wildman–Crippen MR) is 104 cm³/mol. The van der Waals surface area contributed by atoms with Gasteiger partial charge in [0, 0.05) is 11.8 Å². The average molecular weight is 384 g/mol. The number of thioether (sulfide) groups is 1. The van der Waals surface area contributed by atoms with E-state index >= 15 is 0 Å². The summed E-state index contributed by atoms with van der Waals surface area (Å²) >= 11 is 1.40. The summed E-state index contributed by atoms with van der Waals surface area (Å²) in [7, 11) is 0. The molecule has 0 radical (unpaired) electrons. The summed E-state index contributed by atoms with van der Waals surface area (Å²) in [5.74, 6) is -0.352. The zero-order valence-corrected chi connectivity index (χ0v) is 15.9. The van der Waals surface area contributed by atoms with Crippen molar-refractivity contribution < 1.29 is 18.7 Å². The molecule has 0 aliphatic rings. The molecule has 2 aromatic carbocycles. The van der Waals surface area contributed by atoms with E-state index in [9.17, 15) is 9.59 Å². The number of fused-ring (bicyclic) bond motifs is 1. The number of ether oxygens (including phenoxy) is 1. The van der Waals surface area contributed by atoms with Crippen molar-refractivity contribution in [3.8, 4) is 0 Å². The summed E-state index contributed by atoms with van der Waals surface area (Å²) in [6.45, 7) is 3.39. The SMILES string of the molecule is CC(C)NC(=O)COC(=O)c1ccccc1CSc1nc2ccccc2o1. The van der Waals surface area contributed by atoms with Crippen LogP contribution < -0.4 is 5.32 Å². The van der Waals surface area contributed by atoms with Crippen LogP contribution in [0.3, 0.4) is 0 Å². The van der Waals surface area contributed by atoms with Crippen molar-refractivity contribution in [2.24, 2.45) is 0 Å². The molecule has 0 fully saturated rings. The zero-order chi connectivity index (χ0) is 19.2. The van der Waals surface area contributed by atoms with Crippen LogP contribution in [0, 0.1) is 0 Å². The maximum atomic E-state index is 12.4. The number of carbonyl (C=O) groups excluding carboxylic acids is 2. The van der Waals surface area contributed by atoms with Gasteiger partial charge in [-0.3, -0.25) is 4.79 Å². The zero-order valence-electron chi connectivity index (χ0n) is 15.1. The summed E-state index contributed by atoms with van der Waals surface area (Å²) in [5, 5.41) is 3.22. The van der Waals surface area contributed by atoms with Gasteiger partial charge >= 0.3 is 5.97 Å². The second kappa shape index (κ2) is 8.73. The highest BCUT2D eigenvalue weighted by molar-refractivity contribution is 7.98. The quantitative estimate of drug-likeness (QED) is 0.493. The van der Waals surface area contributed by atoms with Crippen LogP contribution in [0.4, 0.5) is 0 Å². The number of oxazole rings is 1. The first-order valence-corrected chi connectivity index (χ1v) is 9.54. The predicted octanol–water partition coefficient (Wildman–Crippen LogP) is 3.80. The van der Waals surface area contributed by atoms with Crippen molar-refractivity contribution in [3.05, 3.63) is 59.7 Å². The first-order chi connectivity index (χ1) is 13.0. The van der Waals surface area contributed by atoms with Gasteiger partial charge in [0.05, 0.1) is 5.56 Å². The van der Waals surface area contributed by atoms with Crippen LogP contribution >= 0.6 is 11.8 Å². The van der Waals surface area contributed by atoms with E-state index in [2.05, 4.69) is 10.3 Å². The van der Waals surface area contributed by atoms with Crippen molar-refractivity contribution in [1.29, 1.82) is 0 Å². The molecule has 6 nitrogen and oxygen atoms in total. The fraction of sp³-hybridized carbons (Fsp3) is 0.250. The molecule has 1 heterocycles. The number of aromatic nitrogens is 1. The molecular weight excluding hydrogens is 364 g/mol. The number of nitrogens with one attached hydrogen (secondary N) is 1. The molecule has 0 aliphatic carbocycles. The fourth-order valence-electron chi connectivity index (χ4n) is 2.47. The van der Waals surface area contributed by atoms with Crippen molar-refractivity contribution in [2.75, 3.05) is 6.61 Å². The second-order valence-corrected chi connectivity index (χ2v) is 7.12. The van der Waals surface area contributed by atoms with Crippen LogP contribution in [0.5, 0.6) is 0 Å². The fourth-order valence-corrected chi connectivity index (χ4v) is 3.31. The van der Waals surface area contributed by atoms with E-state index in [0.29, 0.717) is 16.5 Å². The molecule has 0 aliphatic heterocycles. The summed E-state index contributed by atoms with van der Waals surface area (Å²) in [5.41, 5.74) is 2.74. The number of benzene rings is 2. The standard InChI is InChI=1S/C20H20N2O4S/c1-13(2)21-18(23)11-25-19(24)15-8-4-3-7-14(15)12-27-20-22-16-9-5-6-10-17(16)26-20/h3-10,13H,11-12H2,1-2H3,(H,21,23). The molecule has 7 heteroatoms. The van der Waals surface area contributed by atoms with E-state index in [4.69, 9.17) is 9.15 Å². The summed E-state index contributed by atoms with van der Waals surface area (Å²) in [4.78, 5) is 28.4. The lowest BCUT2D eigenvalue weighted by molar-refractivity contribution is -0.124. The number of rotatable bonds is 7.